The predicted molar refractivity (Wildman–Crippen MR) is 83.1 cm³/mol. The van der Waals surface area contributed by atoms with Crippen molar-refractivity contribution in [2.45, 2.75) is 31.7 Å². The molecule has 0 aromatic heterocycles. The molecule has 0 aliphatic heterocycles. The number of aryl methyl sites for hydroxylation is 1. The van der Waals surface area contributed by atoms with E-state index < -0.39 is 15.8 Å². The second-order valence-corrected chi connectivity index (χ2v) is 7.32. The molecular formula is C14H24FN3O2S. The van der Waals surface area contributed by atoms with E-state index in [1.165, 1.54) is 10.4 Å². The number of nitrogen functional groups attached to an aromatic ring is 1. The van der Waals surface area contributed by atoms with E-state index in [9.17, 15) is 12.8 Å². The van der Waals surface area contributed by atoms with E-state index in [0.717, 1.165) is 6.07 Å². The van der Waals surface area contributed by atoms with Crippen LogP contribution in [0.2, 0.25) is 0 Å². The molecule has 0 bridgehead atoms. The third kappa shape index (κ3) is 3.93. The molecule has 5 nitrogen and oxygen atoms in total. The third-order valence-electron chi connectivity index (χ3n) is 3.34. The van der Waals surface area contributed by atoms with Crippen molar-refractivity contribution in [2.75, 3.05) is 32.9 Å². The second-order valence-electron chi connectivity index (χ2n) is 5.46. The van der Waals surface area contributed by atoms with Gasteiger partial charge in [-0.25, -0.2) is 12.8 Å². The monoisotopic (exact) mass is 317 g/mol. The lowest BCUT2D eigenvalue weighted by Crippen LogP contribution is -2.43. The minimum absolute atomic E-state index is 0.267. The molecule has 0 radical (unpaired) electrons. The summed E-state index contributed by atoms with van der Waals surface area (Å²) in [5, 5.41) is 0. The molecule has 1 aromatic rings. The SMILES string of the molecule is CCN(C(C)CN(C)C)S(=O)(=O)c1cc(N)c(C)cc1F. The maximum atomic E-state index is 14.1. The summed E-state index contributed by atoms with van der Waals surface area (Å²) in [6.45, 7) is 6.00. The number of benzene rings is 1. The largest absolute Gasteiger partial charge is 0.398 e. The molecule has 0 saturated carbocycles. The van der Waals surface area contributed by atoms with Crippen molar-refractivity contribution in [3.8, 4) is 0 Å². The van der Waals surface area contributed by atoms with Gasteiger partial charge in [0.25, 0.3) is 0 Å². The first-order chi connectivity index (χ1) is 9.61. The number of hydrogen-bond donors (Lipinski definition) is 1. The molecule has 1 atom stereocenters. The summed E-state index contributed by atoms with van der Waals surface area (Å²) >= 11 is 0. The smallest absolute Gasteiger partial charge is 0.246 e. The highest BCUT2D eigenvalue weighted by molar-refractivity contribution is 7.89. The van der Waals surface area contributed by atoms with Crippen LogP contribution in [0, 0.1) is 12.7 Å². The zero-order chi connectivity index (χ0) is 16.4. The van der Waals surface area contributed by atoms with Gasteiger partial charge >= 0.3 is 0 Å². The Morgan fingerprint density at radius 3 is 2.38 bits per heavy atom. The Bertz CT molecular complexity index is 602. The molecule has 0 spiro atoms. The molecular weight excluding hydrogens is 293 g/mol. The Kier molecular flexibility index (Phi) is 5.72. The van der Waals surface area contributed by atoms with Crippen LogP contribution >= 0.6 is 0 Å². The Labute approximate surface area is 126 Å². The Balaban J connectivity index is 3.28. The van der Waals surface area contributed by atoms with Gasteiger partial charge in [0.15, 0.2) is 0 Å². The number of likely N-dealkylation sites (N-methyl/N-ethyl adjacent to an activating group) is 2. The van der Waals surface area contributed by atoms with Gasteiger partial charge in [-0.2, -0.15) is 4.31 Å². The minimum Gasteiger partial charge on any atom is -0.398 e. The molecule has 2 N–H and O–H groups in total. The summed E-state index contributed by atoms with van der Waals surface area (Å²) in [7, 11) is -0.189. The normalized spacial score (nSPS) is 13.9. The zero-order valence-corrected chi connectivity index (χ0v) is 14.0. The summed E-state index contributed by atoms with van der Waals surface area (Å²) in [5.41, 5.74) is 6.52. The first-order valence-corrected chi connectivity index (χ1v) is 8.27. The quantitative estimate of drug-likeness (QED) is 0.811. The molecule has 1 rings (SSSR count). The van der Waals surface area contributed by atoms with Gasteiger partial charge in [-0.05, 0) is 45.6 Å². The van der Waals surface area contributed by atoms with Crippen LogP contribution in [0.3, 0.4) is 0 Å². The molecule has 0 saturated heterocycles. The van der Waals surface area contributed by atoms with Crippen molar-refractivity contribution in [3.63, 3.8) is 0 Å². The van der Waals surface area contributed by atoms with Gasteiger partial charge < -0.3 is 10.6 Å². The molecule has 120 valence electrons. The van der Waals surface area contributed by atoms with E-state index in [-0.39, 0.29) is 23.2 Å². The predicted octanol–water partition coefficient (Wildman–Crippen LogP) is 1.68. The maximum absolute atomic E-state index is 14.1. The van der Waals surface area contributed by atoms with E-state index in [0.29, 0.717) is 12.1 Å². The van der Waals surface area contributed by atoms with Crippen LogP contribution in [0.1, 0.15) is 19.4 Å². The van der Waals surface area contributed by atoms with Crippen LogP contribution in [0.4, 0.5) is 10.1 Å². The van der Waals surface area contributed by atoms with Gasteiger partial charge in [0.2, 0.25) is 10.0 Å². The summed E-state index contributed by atoms with van der Waals surface area (Å²) in [4.78, 5) is 1.53. The van der Waals surface area contributed by atoms with Crippen LogP contribution in [0.25, 0.3) is 0 Å². The number of hydrogen-bond acceptors (Lipinski definition) is 4. The fraction of sp³-hybridized carbons (Fsp3) is 0.571. The molecule has 0 heterocycles. The molecule has 1 unspecified atom stereocenters. The molecule has 0 fully saturated rings. The highest BCUT2D eigenvalue weighted by atomic mass is 32.2. The molecule has 0 aliphatic carbocycles. The summed E-state index contributed by atoms with van der Waals surface area (Å²) in [6, 6.07) is 2.09. The van der Waals surface area contributed by atoms with Gasteiger partial charge in [0.05, 0.1) is 0 Å². The topological polar surface area (TPSA) is 66.6 Å². The number of rotatable bonds is 6. The average molecular weight is 317 g/mol. The molecule has 0 amide bonds. The van der Waals surface area contributed by atoms with Gasteiger partial charge in [0, 0.05) is 24.8 Å². The lowest BCUT2D eigenvalue weighted by Gasteiger charge is -2.29. The molecule has 7 heteroatoms. The summed E-state index contributed by atoms with van der Waals surface area (Å²) in [5.74, 6) is -0.766. The van der Waals surface area contributed by atoms with E-state index in [1.807, 2.05) is 19.0 Å². The van der Waals surface area contributed by atoms with Gasteiger partial charge in [-0.1, -0.05) is 6.92 Å². The van der Waals surface area contributed by atoms with E-state index >= 15 is 0 Å². The summed E-state index contributed by atoms with van der Waals surface area (Å²) in [6.07, 6.45) is 0. The molecule has 0 aliphatic rings. The maximum Gasteiger partial charge on any atom is 0.246 e. The Morgan fingerprint density at radius 2 is 1.90 bits per heavy atom. The Morgan fingerprint density at radius 1 is 1.33 bits per heavy atom. The van der Waals surface area contributed by atoms with Crippen molar-refractivity contribution in [2.24, 2.45) is 0 Å². The molecule has 1 aromatic carbocycles. The van der Waals surface area contributed by atoms with Crippen LogP contribution in [0.5, 0.6) is 0 Å². The van der Waals surface area contributed by atoms with Crippen LogP contribution < -0.4 is 5.73 Å². The van der Waals surface area contributed by atoms with Crippen molar-refractivity contribution >= 4 is 15.7 Å². The number of nitrogens with two attached hydrogens (primary N) is 1. The minimum atomic E-state index is -3.91. The van der Waals surface area contributed by atoms with Gasteiger partial charge in [0.1, 0.15) is 10.7 Å². The second kappa shape index (κ2) is 6.72. The van der Waals surface area contributed by atoms with Crippen LogP contribution in [-0.4, -0.2) is 50.8 Å². The fourth-order valence-corrected chi connectivity index (χ4v) is 4.04. The van der Waals surface area contributed by atoms with Crippen molar-refractivity contribution in [3.05, 3.63) is 23.5 Å². The van der Waals surface area contributed by atoms with Gasteiger partial charge in [-0.3, -0.25) is 0 Å². The first-order valence-electron chi connectivity index (χ1n) is 6.83. The van der Waals surface area contributed by atoms with E-state index in [1.54, 1.807) is 20.8 Å². The van der Waals surface area contributed by atoms with E-state index in [2.05, 4.69) is 0 Å². The summed E-state index contributed by atoms with van der Waals surface area (Å²) < 4.78 is 40.7. The number of halogens is 1. The fourth-order valence-electron chi connectivity index (χ4n) is 2.33. The Hall–Kier alpha value is -1.18. The highest BCUT2D eigenvalue weighted by Gasteiger charge is 2.30. The number of nitrogens with zero attached hydrogens (tertiary/aromatic N) is 2. The average Bonchev–Trinajstić information content (AvgIpc) is 2.33. The van der Waals surface area contributed by atoms with Crippen LogP contribution in [-0.2, 0) is 10.0 Å². The number of anilines is 1. The zero-order valence-electron chi connectivity index (χ0n) is 13.2. The van der Waals surface area contributed by atoms with Crippen LogP contribution in [0.15, 0.2) is 17.0 Å². The lowest BCUT2D eigenvalue weighted by molar-refractivity contribution is 0.271. The third-order valence-corrected chi connectivity index (χ3v) is 5.44. The first kappa shape index (κ1) is 17.9. The molecule has 21 heavy (non-hydrogen) atoms. The number of sulfonamides is 1. The van der Waals surface area contributed by atoms with E-state index in [4.69, 9.17) is 5.73 Å². The van der Waals surface area contributed by atoms with Crippen molar-refractivity contribution in [1.29, 1.82) is 0 Å². The standard InChI is InChI=1S/C14H24FN3O2S/c1-6-18(11(3)9-17(4)5)21(19,20)14-8-13(16)10(2)7-12(14)15/h7-8,11H,6,9,16H2,1-5H3. The van der Waals surface area contributed by atoms with Crippen molar-refractivity contribution in [1.82, 2.24) is 9.21 Å². The lowest BCUT2D eigenvalue weighted by atomic mass is 10.2. The van der Waals surface area contributed by atoms with Gasteiger partial charge in [-0.15, -0.1) is 0 Å². The van der Waals surface area contributed by atoms with Crippen molar-refractivity contribution < 1.29 is 12.8 Å². The highest BCUT2D eigenvalue weighted by Crippen LogP contribution is 2.25.